The van der Waals surface area contributed by atoms with Crippen LogP contribution in [0.25, 0.3) is 11.0 Å². The van der Waals surface area contributed by atoms with Crippen LogP contribution >= 0.6 is 0 Å². The van der Waals surface area contributed by atoms with Crippen molar-refractivity contribution in [2.24, 2.45) is 5.92 Å². The minimum Gasteiger partial charge on any atom is -0.467 e. The van der Waals surface area contributed by atoms with E-state index in [0.717, 1.165) is 35.2 Å². The second-order valence-electron chi connectivity index (χ2n) is 8.38. The number of carbonyl (C=O) groups excluding carboxylic acids is 1. The molecule has 0 unspecified atom stereocenters. The molecule has 3 heterocycles. The van der Waals surface area contributed by atoms with E-state index in [4.69, 9.17) is 9.40 Å². The van der Waals surface area contributed by atoms with Crippen LogP contribution in [0.3, 0.4) is 0 Å². The Morgan fingerprint density at radius 1 is 1.06 bits per heavy atom. The van der Waals surface area contributed by atoms with E-state index in [1.807, 2.05) is 65.6 Å². The zero-order chi connectivity index (χ0) is 22.6. The standard InChI is InChI=1S/C26H26N4O3/c31-25(27-16-21-11-7-15-33-21)20-10-6-14-29(18-20)24-26(32)30(17-19-8-2-1-3-9-19)23-13-5-4-12-22(23)28-24/h1-5,7-9,11-13,15,20H,6,10,14,16-18H2,(H,27,31)/t20-/m0/s1. The van der Waals surface area contributed by atoms with Crippen molar-refractivity contribution in [1.29, 1.82) is 0 Å². The molecule has 168 valence electrons. The third-order valence-corrected chi connectivity index (χ3v) is 6.13. The third-order valence-electron chi connectivity index (χ3n) is 6.13. The molecule has 0 saturated carbocycles. The highest BCUT2D eigenvalue weighted by Gasteiger charge is 2.28. The van der Waals surface area contributed by atoms with E-state index in [1.165, 1.54) is 0 Å². The van der Waals surface area contributed by atoms with E-state index in [9.17, 15) is 9.59 Å². The van der Waals surface area contributed by atoms with E-state index in [1.54, 1.807) is 16.9 Å². The number of fused-ring (bicyclic) bond motifs is 1. The smallest absolute Gasteiger partial charge is 0.294 e. The Bertz CT molecular complexity index is 1300. The van der Waals surface area contributed by atoms with Crippen LogP contribution in [0.2, 0.25) is 0 Å². The first kappa shape index (κ1) is 21.0. The topological polar surface area (TPSA) is 80.4 Å². The lowest BCUT2D eigenvalue weighted by molar-refractivity contribution is -0.125. The molecule has 1 fully saturated rings. The SMILES string of the molecule is O=C(NCc1ccco1)[C@H]1CCCN(c2nc3ccccc3n(Cc3ccccc3)c2=O)C1. The molecule has 2 aromatic heterocycles. The van der Waals surface area contributed by atoms with E-state index in [0.29, 0.717) is 32.0 Å². The van der Waals surface area contributed by atoms with Crippen LogP contribution in [-0.4, -0.2) is 28.5 Å². The van der Waals surface area contributed by atoms with Gasteiger partial charge in [-0.1, -0.05) is 42.5 Å². The van der Waals surface area contributed by atoms with Gasteiger partial charge in [0.2, 0.25) is 5.91 Å². The molecule has 7 heteroatoms. The molecule has 1 N–H and O–H groups in total. The van der Waals surface area contributed by atoms with Gasteiger partial charge in [-0.2, -0.15) is 0 Å². The molecule has 0 spiro atoms. The van der Waals surface area contributed by atoms with Crippen molar-refractivity contribution in [3.63, 3.8) is 0 Å². The van der Waals surface area contributed by atoms with Gasteiger partial charge < -0.3 is 14.6 Å². The van der Waals surface area contributed by atoms with Gasteiger partial charge in [0.05, 0.1) is 36.3 Å². The summed E-state index contributed by atoms with van der Waals surface area (Å²) in [6.07, 6.45) is 3.20. The molecule has 2 aromatic carbocycles. The molecule has 1 atom stereocenters. The van der Waals surface area contributed by atoms with Gasteiger partial charge in [0.1, 0.15) is 5.76 Å². The fourth-order valence-electron chi connectivity index (χ4n) is 4.42. The van der Waals surface area contributed by atoms with Crippen LogP contribution < -0.4 is 15.8 Å². The Hall–Kier alpha value is -3.87. The molecule has 1 aliphatic heterocycles. The highest BCUT2D eigenvalue weighted by Crippen LogP contribution is 2.22. The fourth-order valence-corrected chi connectivity index (χ4v) is 4.42. The summed E-state index contributed by atoms with van der Waals surface area (Å²) in [6, 6.07) is 21.3. The molecule has 7 nitrogen and oxygen atoms in total. The van der Waals surface area contributed by atoms with Crippen molar-refractivity contribution in [2.75, 3.05) is 18.0 Å². The first-order valence-electron chi connectivity index (χ1n) is 11.3. The average molecular weight is 443 g/mol. The zero-order valence-corrected chi connectivity index (χ0v) is 18.3. The monoisotopic (exact) mass is 442 g/mol. The minimum absolute atomic E-state index is 0.0264. The van der Waals surface area contributed by atoms with Gasteiger partial charge in [0, 0.05) is 13.1 Å². The van der Waals surface area contributed by atoms with Gasteiger partial charge >= 0.3 is 0 Å². The number of hydrogen-bond donors (Lipinski definition) is 1. The first-order chi connectivity index (χ1) is 16.2. The number of nitrogens with one attached hydrogen (secondary N) is 1. The molecular formula is C26H26N4O3. The van der Waals surface area contributed by atoms with Crippen LogP contribution in [0.1, 0.15) is 24.2 Å². The fraction of sp³-hybridized carbons (Fsp3) is 0.269. The number of benzene rings is 2. The predicted molar refractivity (Wildman–Crippen MR) is 127 cm³/mol. The van der Waals surface area contributed by atoms with Crippen molar-refractivity contribution in [3.8, 4) is 0 Å². The Kier molecular flexibility index (Phi) is 5.93. The quantitative estimate of drug-likeness (QED) is 0.494. The Morgan fingerprint density at radius 2 is 1.88 bits per heavy atom. The minimum atomic E-state index is -0.205. The van der Waals surface area contributed by atoms with Gasteiger partial charge in [0.25, 0.3) is 5.56 Å². The number of carbonyl (C=O) groups is 1. The van der Waals surface area contributed by atoms with Crippen LogP contribution in [0.4, 0.5) is 5.82 Å². The Labute approximate surface area is 191 Å². The zero-order valence-electron chi connectivity index (χ0n) is 18.3. The van der Waals surface area contributed by atoms with Gasteiger partial charge in [-0.15, -0.1) is 0 Å². The third kappa shape index (κ3) is 4.53. The number of aromatic nitrogens is 2. The van der Waals surface area contributed by atoms with Crippen LogP contribution in [0.15, 0.2) is 82.2 Å². The number of hydrogen-bond acceptors (Lipinski definition) is 5. The van der Waals surface area contributed by atoms with Crippen molar-refractivity contribution >= 4 is 22.8 Å². The highest BCUT2D eigenvalue weighted by molar-refractivity contribution is 5.80. The van der Waals surface area contributed by atoms with Crippen molar-refractivity contribution in [1.82, 2.24) is 14.9 Å². The van der Waals surface area contributed by atoms with E-state index < -0.39 is 0 Å². The summed E-state index contributed by atoms with van der Waals surface area (Å²) in [4.78, 5) is 33.1. The lowest BCUT2D eigenvalue weighted by Gasteiger charge is -2.32. The Morgan fingerprint density at radius 3 is 2.70 bits per heavy atom. The molecule has 1 amide bonds. The summed E-state index contributed by atoms with van der Waals surface area (Å²) in [5.41, 5.74) is 2.50. The summed E-state index contributed by atoms with van der Waals surface area (Å²) in [7, 11) is 0. The maximum Gasteiger partial charge on any atom is 0.294 e. The molecule has 1 aliphatic rings. The molecule has 33 heavy (non-hydrogen) atoms. The number of furan rings is 1. The summed E-state index contributed by atoms with van der Waals surface area (Å²) in [6.45, 7) is 2.00. The number of piperidine rings is 1. The van der Waals surface area contributed by atoms with E-state index in [-0.39, 0.29) is 17.4 Å². The first-order valence-corrected chi connectivity index (χ1v) is 11.3. The lowest BCUT2D eigenvalue weighted by Crippen LogP contribution is -2.45. The number of anilines is 1. The van der Waals surface area contributed by atoms with Crippen LogP contribution in [0.5, 0.6) is 0 Å². The number of rotatable bonds is 6. The molecule has 0 aliphatic carbocycles. The lowest BCUT2D eigenvalue weighted by atomic mass is 9.97. The summed E-state index contributed by atoms with van der Waals surface area (Å²) in [5.74, 6) is 0.898. The number of nitrogens with zero attached hydrogens (tertiary/aromatic N) is 3. The van der Waals surface area contributed by atoms with Gasteiger partial charge in [-0.05, 0) is 42.7 Å². The molecule has 0 bridgehead atoms. The predicted octanol–water partition coefficient (Wildman–Crippen LogP) is 3.57. The largest absolute Gasteiger partial charge is 0.467 e. The average Bonchev–Trinajstić information content (AvgIpc) is 3.38. The normalized spacial score (nSPS) is 16.1. The molecule has 4 aromatic rings. The summed E-state index contributed by atoms with van der Waals surface area (Å²) in [5, 5.41) is 2.95. The highest BCUT2D eigenvalue weighted by atomic mass is 16.3. The van der Waals surface area contributed by atoms with Crippen molar-refractivity contribution in [3.05, 3.63) is 94.7 Å². The van der Waals surface area contributed by atoms with Gasteiger partial charge in [0.15, 0.2) is 5.82 Å². The van der Waals surface area contributed by atoms with Crippen LogP contribution in [0, 0.1) is 5.92 Å². The maximum absolute atomic E-state index is 13.6. The summed E-state index contributed by atoms with van der Waals surface area (Å²) < 4.78 is 7.09. The van der Waals surface area contributed by atoms with E-state index in [2.05, 4.69) is 5.32 Å². The van der Waals surface area contributed by atoms with Crippen LogP contribution in [-0.2, 0) is 17.9 Å². The van der Waals surface area contributed by atoms with Gasteiger partial charge in [-0.3, -0.25) is 14.2 Å². The number of para-hydroxylation sites is 2. The molecular weight excluding hydrogens is 416 g/mol. The second kappa shape index (κ2) is 9.32. The molecule has 5 rings (SSSR count). The second-order valence-corrected chi connectivity index (χ2v) is 8.38. The number of amides is 1. The summed E-state index contributed by atoms with van der Waals surface area (Å²) >= 11 is 0. The molecule has 1 saturated heterocycles. The van der Waals surface area contributed by atoms with E-state index >= 15 is 0 Å². The molecule has 0 radical (unpaired) electrons. The Balaban J connectivity index is 1.42. The van der Waals surface area contributed by atoms with Crippen molar-refractivity contribution < 1.29 is 9.21 Å². The van der Waals surface area contributed by atoms with Gasteiger partial charge in [-0.25, -0.2) is 4.98 Å². The maximum atomic E-state index is 13.6. The van der Waals surface area contributed by atoms with Crippen molar-refractivity contribution in [2.45, 2.75) is 25.9 Å².